The highest BCUT2D eigenvalue weighted by atomic mass is 32.2. The Morgan fingerprint density at radius 3 is 2.62 bits per heavy atom. The van der Waals surface area contributed by atoms with Crippen LogP contribution >= 0.6 is 0 Å². The van der Waals surface area contributed by atoms with Gasteiger partial charge in [-0.2, -0.15) is 0 Å². The van der Waals surface area contributed by atoms with Gasteiger partial charge in [0.15, 0.2) is 11.5 Å². The molecule has 2 aromatic carbocycles. The van der Waals surface area contributed by atoms with Crippen molar-refractivity contribution in [2.24, 2.45) is 0 Å². The zero-order chi connectivity index (χ0) is 22.1. The first-order chi connectivity index (χ1) is 15.5. The van der Waals surface area contributed by atoms with Gasteiger partial charge in [0, 0.05) is 18.3 Å². The highest BCUT2D eigenvalue weighted by molar-refractivity contribution is 7.92. The van der Waals surface area contributed by atoms with E-state index in [0.717, 1.165) is 18.4 Å². The van der Waals surface area contributed by atoms with E-state index in [1.165, 1.54) is 16.6 Å². The fraction of sp³-hybridized carbons (Fsp3) is 0.130. The maximum atomic E-state index is 13.2. The van der Waals surface area contributed by atoms with E-state index in [4.69, 9.17) is 8.94 Å². The summed E-state index contributed by atoms with van der Waals surface area (Å²) in [6.45, 7) is 0.372. The summed E-state index contributed by atoms with van der Waals surface area (Å²) in [6.07, 6.45) is 2.99. The van der Waals surface area contributed by atoms with E-state index >= 15 is 0 Å². The van der Waals surface area contributed by atoms with Crippen molar-refractivity contribution in [2.45, 2.75) is 17.7 Å². The predicted molar refractivity (Wildman–Crippen MR) is 118 cm³/mol. The van der Waals surface area contributed by atoms with Crippen LogP contribution in [0, 0.1) is 0 Å². The van der Waals surface area contributed by atoms with Gasteiger partial charge in [-0.3, -0.25) is 9.10 Å². The van der Waals surface area contributed by atoms with E-state index in [1.807, 2.05) is 6.07 Å². The number of carbonyl (C=O) groups excluding carboxylic acids is 1. The number of rotatable bonds is 5. The third-order valence-electron chi connectivity index (χ3n) is 5.26. The van der Waals surface area contributed by atoms with Crippen molar-refractivity contribution in [3.05, 3.63) is 84.3 Å². The molecule has 0 saturated carbocycles. The number of furan rings is 1. The standard InChI is InChI=1S/C23H19N3O5S/c27-23(19-15-22(31-25-19)21-9-5-13-30-21)24-17-11-10-16-6-4-12-26(20(16)14-17)32(28,29)18-7-2-1-3-8-18/h1-3,5,7-11,13-15H,4,6,12H2,(H,24,27). The minimum atomic E-state index is -3.71. The molecular weight excluding hydrogens is 430 g/mol. The fourth-order valence-corrected chi connectivity index (χ4v) is 5.25. The Bertz CT molecular complexity index is 1360. The van der Waals surface area contributed by atoms with Crippen LogP contribution in [-0.4, -0.2) is 26.0 Å². The molecule has 0 spiro atoms. The van der Waals surface area contributed by atoms with Crippen LogP contribution in [0.5, 0.6) is 0 Å². The highest BCUT2D eigenvalue weighted by Gasteiger charge is 2.29. The molecule has 8 nitrogen and oxygen atoms in total. The number of hydrogen-bond acceptors (Lipinski definition) is 6. The molecule has 0 fully saturated rings. The van der Waals surface area contributed by atoms with Gasteiger partial charge in [-0.1, -0.05) is 29.4 Å². The molecule has 0 aliphatic carbocycles. The first kappa shape index (κ1) is 20.1. The zero-order valence-electron chi connectivity index (χ0n) is 16.9. The van der Waals surface area contributed by atoms with Gasteiger partial charge in [0.2, 0.25) is 5.76 Å². The van der Waals surface area contributed by atoms with Gasteiger partial charge in [-0.05, 0) is 54.8 Å². The summed E-state index contributed by atoms with van der Waals surface area (Å²) in [6, 6.07) is 18.5. The van der Waals surface area contributed by atoms with E-state index in [1.54, 1.807) is 54.6 Å². The molecule has 0 unspecified atom stereocenters. The van der Waals surface area contributed by atoms with Crippen LogP contribution in [0.4, 0.5) is 11.4 Å². The molecule has 3 heterocycles. The number of amides is 1. The number of sulfonamides is 1. The molecule has 9 heteroatoms. The minimum absolute atomic E-state index is 0.0860. The molecule has 1 aliphatic heterocycles. The van der Waals surface area contributed by atoms with E-state index in [9.17, 15) is 13.2 Å². The number of nitrogens with zero attached hydrogens (tertiary/aromatic N) is 2. The monoisotopic (exact) mass is 449 g/mol. The molecular formula is C23H19N3O5S. The lowest BCUT2D eigenvalue weighted by molar-refractivity contribution is 0.101. The number of nitrogens with one attached hydrogen (secondary N) is 1. The first-order valence-corrected chi connectivity index (χ1v) is 11.5. The Kier molecular flexibility index (Phi) is 5.02. The van der Waals surface area contributed by atoms with Crippen molar-refractivity contribution in [1.82, 2.24) is 5.16 Å². The second-order valence-corrected chi connectivity index (χ2v) is 9.21. The Morgan fingerprint density at radius 1 is 1.00 bits per heavy atom. The van der Waals surface area contributed by atoms with Gasteiger partial charge in [0.05, 0.1) is 16.8 Å². The highest BCUT2D eigenvalue weighted by Crippen LogP contribution is 2.34. The summed E-state index contributed by atoms with van der Waals surface area (Å²) >= 11 is 0. The lowest BCUT2D eigenvalue weighted by atomic mass is 10.0. The van der Waals surface area contributed by atoms with Gasteiger partial charge >= 0.3 is 0 Å². The van der Waals surface area contributed by atoms with Crippen molar-refractivity contribution in [3.63, 3.8) is 0 Å². The third kappa shape index (κ3) is 3.67. The molecule has 162 valence electrons. The maximum Gasteiger partial charge on any atom is 0.277 e. The van der Waals surface area contributed by atoms with Crippen LogP contribution < -0.4 is 9.62 Å². The summed E-state index contributed by atoms with van der Waals surface area (Å²) in [5, 5.41) is 6.56. The number of benzene rings is 2. The molecule has 5 rings (SSSR count). The molecule has 0 atom stereocenters. The number of aromatic nitrogens is 1. The average molecular weight is 449 g/mol. The Balaban J connectivity index is 1.42. The van der Waals surface area contributed by atoms with Crippen LogP contribution in [0.2, 0.25) is 0 Å². The molecule has 2 aromatic heterocycles. The van der Waals surface area contributed by atoms with E-state index in [0.29, 0.717) is 29.4 Å². The third-order valence-corrected chi connectivity index (χ3v) is 7.08. The summed E-state index contributed by atoms with van der Waals surface area (Å²) < 4.78 is 38.3. The lowest BCUT2D eigenvalue weighted by Gasteiger charge is -2.31. The van der Waals surface area contributed by atoms with Crippen molar-refractivity contribution >= 4 is 27.3 Å². The average Bonchev–Trinajstić information content (AvgIpc) is 3.51. The smallest absolute Gasteiger partial charge is 0.277 e. The van der Waals surface area contributed by atoms with Crippen LogP contribution in [-0.2, 0) is 16.4 Å². The summed E-state index contributed by atoms with van der Waals surface area (Å²) in [5.41, 5.74) is 2.03. The molecule has 1 aliphatic rings. The number of aryl methyl sites for hydroxylation is 1. The van der Waals surface area contributed by atoms with E-state index < -0.39 is 15.9 Å². The Labute approximate surface area is 184 Å². The molecule has 0 bridgehead atoms. The zero-order valence-corrected chi connectivity index (χ0v) is 17.7. The SMILES string of the molecule is O=C(Nc1ccc2c(c1)N(S(=O)(=O)c1ccccc1)CCC2)c1cc(-c2ccco2)on1. The van der Waals surface area contributed by atoms with Crippen molar-refractivity contribution in [3.8, 4) is 11.5 Å². The molecule has 0 radical (unpaired) electrons. The normalized spacial score (nSPS) is 13.6. The van der Waals surface area contributed by atoms with Crippen LogP contribution in [0.1, 0.15) is 22.5 Å². The van der Waals surface area contributed by atoms with Crippen molar-refractivity contribution in [2.75, 3.05) is 16.2 Å². The number of carbonyl (C=O) groups is 1. The topological polar surface area (TPSA) is 106 Å². The largest absolute Gasteiger partial charge is 0.461 e. The van der Waals surface area contributed by atoms with E-state index in [-0.39, 0.29) is 10.6 Å². The second-order valence-electron chi connectivity index (χ2n) is 7.35. The Morgan fingerprint density at radius 2 is 1.84 bits per heavy atom. The predicted octanol–water partition coefficient (Wildman–Crippen LogP) is 4.33. The summed E-state index contributed by atoms with van der Waals surface area (Å²) in [4.78, 5) is 12.9. The Hall–Kier alpha value is -3.85. The van der Waals surface area contributed by atoms with Gasteiger partial charge in [-0.15, -0.1) is 0 Å². The van der Waals surface area contributed by atoms with E-state index in [2.05, 4.69) is 10.5 Å². The van der Waals surface area contributed by atoms with Crippen molar-refractivity contribution in [1.29, 1.82) is 0 Å². The van der Waals surface area contributed by atoms with Gasteiger partial charge < -0.3 is 14.3 Å². The van der Waals surface area contributed by atoms with Gasteiger partial charge in [-0.25, -0.2) is 8.42 Å². The quantitative estimate of drug-likeness (QED) is 0.486. The molecule has 1 amide bonds. The summed E-state index contributed by atoms with van der Waals surface area (Å²) in [7, 11) is -3.71. The second kappa shape index (κ2) is 8.01. The van der Waals surface area contributed by atoms with Gasteiger partial charge in [0.1, 0.15) is 0 Å². The van der Waals surface area contributed by atoms with Crippen molar-refractivity contribution < 1.29 is 22.2 Å². The van der Waals surface area contributed by atoms with Crippen LogP contribution in [0.25, 0.3) is 11.5 Å². The lowest BCUT2D eigenvalue weighted by Crippen LogP contribution is -2.35. The maximum absolute atomic E-state index is 13.2. The molecule has 4 aromatic rings. The number of fused-ring (bicyclic) bond motifs is 1. The minimum Gasteiger partial charge on any atom is -0.461 e. The molecule has 0 saturated heterocycles. The number of hydrogen-bond donors (Lipinski definition) is 1. The van der Waals surface area contributed by atoms with Crippen LogP contribution in [0.15, 0.2) is 86.8 Å². The van der Waals surface area contributed by atoms with Gasteiger partial charge in [0.25, 0.3) is 15.9 Å². The first-order valence-electron chi connectivity index (χ1n) is 10.0. The molecule has 1 N–H and O–H groups in total. The number of anilines is 2. The fourth-order valence-electron chi connectivity index (χ4n) is 3.70. The summed E-state index contributed by atoms with van der Waals surface area (Å²) in [5.74, 6) is 0.331. The van der Waals surface area contributed by atoms with Crippen LogP contribution in [0.3, 0.4) is 0 Å². The molecule has 32 heavy (non-hydrogen) atoms.